The summed E-state index contributed by atoms with van der Waals surface area (Å²) in [6.07, 6.45) is 1.93. The molecule has 1 atom stereocenters. The maximum atomic E-state index is 13.1. The van der Waals surface area contributed by atoms with Gasteiger partial charge in [-0.1, -0.05) is 35.0 Å². The smallest absolute Gasteiger partial charge is 0.276 e. The van der Waals surface area contributed by atoms with Crippen LogP contribution in [0.4, 0.5) is 0 Å². The Kier molecular flexibility index (Phi) is 5.25. The van der Waals surface area contributed by atoms with E-state index in [1.165, 1.54) is 5.56 Å². The first kappa shape index (κ1) is 19.1. The molecule has 0 N–H and O–H groups in total. The maximum absolute atomic E-state index is 13.1. The third-order valence-electron chi connectivity index (χ3n) is 5.37. The SMILES string of the molecule is COc1ccc(-c2cc(C(=O)N3CCCC3c3ccc(C)cc3)no2)cc1OC. The average molecular weight is 392 g/mol. The van der Waals surface area contributed by atoms with E-state index in [1.54, 1.807) is 32.4 Å². The van der Waals surface area contributed by atoms with E-state index < -0.39 is 0 Å². The molecule has 3 aromatic rings. The first-order valence-corrected chi connectivity index (χ1v) is 9.67. The van der Waals surface area contributed by atoms with E-state index in [2.05, 4.69) is 36.3 Å². The molecule has 1 aliphatic rings. The first-order chi connectivity index (χ1) is 14.1. The van der Waals surface area contributed by atoms with Gasteiger partial charge in [0.2, 0.25) is 0 Å². The van der Waals surface area contributed by atoms with Crippen molar-refractivity contribution in [2.45, 2.75) is 25.8 Å². The number of rotatable bonds is 5. The highest BCUT2D eigenvalue weighted by Gasteiger charge is 2.32. The third kappa shape index (κ3) is 3.70. The second kappa shape index (κ2) is 7.99. The van der Waals surface area contributed by atoms with Crippen molar-refractivity contribution in [2.24, 2.45) is 0 Å². The summed E-state index contributed by atoms with van der Waals surface area (Å²) in [5.41, 5.74) is 3.45. The summed E-state index contributed by atoms with van der Waals surface area (Å²) in [6, 6.07) is 15.6. The number of hydrogen-bond donors (Lipinski definition) is 0. The van der Waals surface area contributed by atoms with Crippen molar-refractivity contribution in [3.63, 3.8) is 0 Å². The molecule has 150 valence electrons. The maximum Gasteiger partial charge on any atom is 0.276 e. The van der Waals surface area contributed by atoms with Crippen LogP contribution in [0.25, 0.3) is 11.3 Å². The second-order valence-electron chi connectivity index (χ2n) is 7.21. The van der Waals surface area contributed by atoms with E-state index in [0.717, 1.165) is 30.5 Å². The van der Waals surface area contributed by atoms with Gasteiger partial charge in [-0.15, -0.1) is 0 Å². The van der Waals surface area contributed by atoms with Crippen LogP contribution in [0, 0.1) is 6.92 Å². The van der Waals surface area contributed by atoms with Gasteiger partial charge in [-0.2, -0.15) is 0 Å². The number of hydrogen-bond acceptors (Lipinski definition) is 5. The summed E-state index contributed by atoms with van der Waals surface area (Å²) in [5, 5.41) is 4.04. The molecular formula is C23H24N2O4. The lowest BCUT2D eigenvalue weighted by Gasteiger charge is -2.24. The van der Waals surface area contributed by atoms with E-state index in [9.17, 15) is 4.79 Å². The Labute approximate surface area is 170 Å². The lowest BCUT2D eigenvalue weighted by atomic mass is 10.0. The standard InChI is InChI=1S/C23H24N2O4/c1-15-6-8-16(9-7-15)19-5-4-12-25(19)23(26)18-14-21(29-24-18)17-10-11-20(27-2)22(13-17)28-3/h6-11,13-14,19H,4-5,12H2,1-3H3. The molecule has 6 nitrogen and oxygen atoms in total. The van der Waals surface area contributed by atoms with Gasteiger partial charge >= 0.3 is 0 Å². The van der Waals surface area contributed by atoms with Gasteiger partial charge in [-0.25, -0.2) is 0 Å². The minimum Gasteiger partial charge on any atom is -0.493 e. The van der Waals surface area contributed by atoms with Crippen molar-refractivity contribution in [1.82, 2.24) is 10.1 Å². The minimum absolute atomic E-state index is 0.0735. The first-order valence-electron chi connectivity index (χ1n) is 9.67. The topological polar surface area (TPSA) is 64.8 Å². The average Bonchev–Trinajstić information content (AvgIpc) is 3.43. The van der Waals surface area contributed by atoms with Crippen LogP contribution in [0.3, 0.4) is 0 Å². The minimum atomic E-state index is -0.108. The number of methoxy groups -OCH3 is 2. The van der Waals surface area contributed by atoms with Gasteiger partial charge in [0.25, 0.3) is 5.91 Å². The molecule has 1 aliphatic heterocycles. The van der Waals surface area contributed by atoms with Crippen molar-refractivity contribution in [2.75, 3.05) is 20.8 Å². The van der Waals surface area contributed by atoms with Crippen LogP contribution in [0.1, 0.15) is 40.5 Å². The predicted molar refractivity (Wildman–Crippen MR) is 109 cm³/mol. The molecule has 2 aromatic carbocycles. The summed E-state index contributed by atoms with van der Waals surface area (Å²) in [7, 11) is 3.17. The fourth-order valence-corrected chi connectivity index (χ4v) is 3.79. The van der Waals surface area contributed by atoms with Crippen LogP contribution < -0.4 is 9.47 Å². The molecule has 0 spiro atoms. The molecule has 1 saturated heterocycles. The fraction of sp³-hybridized carbons (Fsp3) is 0.304. The Bertz CT molecular complexity index is 1010. The highest BCUT2D eigenvalue weighted by molar-refractivity contribution is 5.93. The molecule has 4 rings (SSSR count). The number of benzene rings is 2. The third-order valence-corrected chi connectivity index (χ3v) is 5.37. The molecule has 2 heterocycles. The number of aromatic nitrogens is 1. The fourth-order valence-electron chi connectivity index (χ4n) is 3.79. The van der Waals surface area contributed by atoms with Crippen LogP contribution in [0.5, 0.6) is 11.5 Å². The second-order valence-corrected chi connectivity index (χ2v) is 7.21. The molecule has 0 bridgehead atoms. The number of amides is 1. The van der Waals surface area contributed by atoms with Gasteiger partial charge in [-0.3, -0.25) is 4.79 Å². The highest BCUT2D eigenvalue weighted by atomic mass is 16.5. The zero-order chi connectivity index (χ0) is 20.4. The Hall–Kier alpha value is -3.28. The summed E-state index contributed by atoms with van der Waals surface area (Å²) in [5.74, 6) is 1.63. The van der Waals surface area contributed by atoms with E-state index >= 15 is 0 Å². The molecule has 1 amide bonds. The van der Waals surface area contributed by atoms with Crippen LogP contribution in [0.2, 0.25) is 0 Å². The molecule has 6 heteroatoms. The number of likely N-dealkylation sites (tertiary alicyclic amines) is 1. The van der Waals surface area contributed by atoms with Crippen LogP contribution in [-0.2, 0) is 0 Å². The number of nitrogens with zero attached hydrogens (tertiary/aromatic N) is 2. The molecule has 1 fully saturated rings. The molecular weight excluding hydrogens is 368 g/mol. The Balaban J connectivity index is 1.57. The number of carbonyl (C=O) groups is 1. The summed E-state index contributed by atoms with van der Waals surface area (Å²) in [6.45, 7) is 2.78. The van der Waals surface area contributed by atoms with Crippen LogP contribution in [0.15, 0.2) is 53.1 Å². The lowest BCUT2D eigenvalue weighted by molar-refractivity contribution is 0.0725. The summed E-state index contributed by atoms with van der Waals surface area (Å²) < 4.78 is 16.1. The Morgan fingerprint density at radius 1 is 1.07 bits per heavy atom. The molecule has 0 aliphatic carbocycles. The zero-order valence-corrected chi connectivity index (χ0v) is 16.8. The van der Waals surface area contributed by atoms with E-state index in [1.807, 2.05) is 11.0 Å². The van der Waals surface area contributed by atoms with Crippen molar-refractivity contribution in [3.8, 4) is 22.8 Å². The molecule has 1 unspecified atom stereocenters. The lowest BCUT2D eigenvalue weighted by Crippen LogP contribution is -2.30. The molecule has 0 radical (unpaired) electrons. The van der Waals surface area contributed by atoms with Gasteiger partial charge in [0.1, 0.15) is 0 Å². The Morgan fingerprint density at radius 2 is 1.83 bits per heavy atom. The molecule has 0 saturated carbocycles. The highest BCUT2D eigenvalue weighted by Crippen LogP contribution is 2.35. The van der Waals surface area contributed by atoms with Gasteiger partial charge in [0.15, 0.2) is 23.0 Å². The van der Waals surface area contributed by atoms with Crippen molar-refractivity contribution < 1.29 is 18.8 Å². The summed E-state index contributed by atoms with van der Waals surface area (Å²) in [4.78, 5) is 15.0. The zero-order valence-electron chi connectivity index (χ0n) is 16.8. The number of aryl methyl sites for hydroxylation is 1. The van der Waals surface area contributed by atoms with E-state index in [4.69, 9.17) is 14.0 Å². The monoisotopic (exact) mass is 392 g/mol. The van der Waals surface area contributed by atoms with Gasteiger partial charge < -0.3 is 18.9 Å². The number of carbonyl (C=O) groups excluding carboxylic acids is 1. The van der Waals surface area contributed by atoms with Gasteiger partial charge in [-0.05, 0) is 43.5 Å². The number of ether oxygens (including phenoxy) is 2. The summed E-state index contributed by atoms with van der Waals surface area (Å²) >= 11 is 0. The molecule has 29 heavy (non-hydrogen) atoms. The quantitative estimate of drug-likeness (QED) is 0.633. The Morgan fingerprint density at radius 3 is 2.55 bits per heavy atom. The van der Waals surface area contributed by atoms with E-state index in [0.29, 0.717) is 23.0 Å². The van der Waals surface area contributed by atoms with E-state index in [-0.39, 0.29) is 11.9 Å². The van der Waals surface area contributed by atoms with Gasteiger partial charge in [0, 0.05) is 18.2 Å². The molecule has 1 aromatic heterocycles. The predicted octanol–water partition coefficient (Wildman–Crippen LogP) is 4.64. The van der Waals surface area contributed by atoms with Gasteiger partial charge in [0.05, 0.1) is 20.3 Å². The largest absolute Gasteiger partial charge is 0.493 e. The van der Waals surface area contributed by atoms with Crippen LogP contribution in [-0.4, -0.2) is 36.7 Å². The normalized spacial score (nSPS) is 16.1. The van der Waals surface area contributed by atoms with Crippen LogP contribution >= 0.6 is 0 Å². The van der Waals surface area contributed by atoms with Crippen molar-refractivity contribution >= 4 is 5.91 Å². The van der Waals surface area contributed by atoms with Crippen molar-refractivity contribution in [3.05, 3.63) is 65.4 Å². The van der Waals surface area contributed by atoms with Crippen molar-refractivity contribution in [1.29, 1.82) is 0 Å².